The van der Waals surface area contributed by atoms with Crippen LogP contribution < -0.4 is 14.8 Å². The van der Waals surface area contributed by atoms with Gasteiger partial charge in [-0.1, -0.05) is 35.9 Å². The van der Waals surface area contributed by atoms with Gasteiger partial charge in [0.05, 0.1) is 6.04 Å². The van der Waals surface area contributed by atoms with E-state index in [-0.39, 0.29) is 18.7 Å². The summed E-state index contributed by atoms with van der Waals surface area (Å²) in [5, 5.41) is 3.77. The van der Waals surface area contributed by atoms with Gasteiger partial charge in [-0.3, -0.25) is 9.69 Å². The van der Waals surface area contributed by atoms with E-state index in [1.54, 1.807) is 12.2 Å². The van der Waals surface area contributed by atoms with Crippen LogP contribution in [0.4, 0.5) is 0 Å². The van der Waals surface area contributed by atoms with Gasteiger partial charge in [0, 0.05) is 17.6 Å². The second-order valence-corrected chi connectivity index (χ2v) is 7.38. The average Bonchev–Trinajstić information content (AvgIpc) is 3.39. The Morgan fingerprint density at radius 2 is 1.93 bits per heavy atom. The molecular weight excluding hydrogens is 376 g/mol. The Hall–Kier alpha value is -2.50. The lowest BCUT2D eigenvalue weighted by atomic mass is 10.1. The summed E-state index contributed by atoms with van der Waals surface area (Å²) in [4.78, 5) is 14.8. The highest BCUT2D eigenvalue weighted by atomic mass is 35.5. The van der Waals surface area contributed by atoms with E-state index in [1.807, 2.05) is 42.5 Å². The van der Waals surface area contributed by atoms with E-state index in [0.717, 1.165) is 35.0 Å². The second kappa shape index (κ2) is 8.67. The lowest BCUT2D eigenvalue weighted by Crippen LogP contribution is -2.36. The first-order valence-electron chi connectivity index (χ1n) is 9.55. The smallest absolute Gasteiger partial charge is 0.244 e. The summed E-state index contributed by atoms with van der Waals surface area (Å²) in [6.07, 6.45) is 5.68. The first-order valence-corrected chi connectivity index (χ1v) is 9.92. The molecule has 1 saturated heterocycles. The number of amides is 1. The Morgan fingerprint density at radius 1 is 1.14 bits per heavy atom. The summed E-state index contributed by atoms with van der Waals surface area (Å²) in [5.41, 5.74) is 1.95. The van der Waals surface area contributed by atoms with E-state index >= 15 is 0 Å². The van der Waals surface area contributed by atoms with Crippen LogP contribution in [-0.2, 0) is 4.79 Å². The molecule has 0 bridgehead atoms. The predicted octanol–water partition coefficient (Wildman–Crippen LogP) is 4.04. The van der Waals surface area contributed by atoms with E-state index in [0.29, 0.717) is 12.3 Å². The quantitative estimate of drug-likeness (QED) is 0.746. The molecule has 1 N–H and O–H groups in total. The van der Waals surface area contributed by atoms with Gasteiger partial charge in [-0.05, 0) is 61.3 Å². The molecule has 2 heterocycles. The topological polar surface area (TPSA) is 50.8 Å². The van der Waals surface area contributed by atoms with Gasteiger partial charge in [-0.15, -0.1) is 0 Å². The van der Waals surface area contributed by atoms with Gasteiger partial charge in [0.2, 0.25) is 12.7 Å². The molecule has 2 aliphatic heterocycles. The number of rotatable bonds is 6. The zero-order valence-corrected chi connectivity index (χ0v) is 16.3. The Bertz CT molecular complexity index is 878. The van der Waals surface area contributed by atoms with Crippen molar-refractivity contribution >= 4 is 23.6 Å². The van der Waals surface area contributed by atoms with Crippen LogP contribution in [0, 0.1) is 0 Å². The molecule has 0 radical (unpaired) electrons. The van der Waals surface area contributed by atoms with Crippen LogP contribution in [-0.4, -0.2) is 37.2 Å². The minimum Gasteiger partial charge on any atom is -0.454 e. The van der Waals surface area contributed by atoms with Crippen molar-refractivity contribution in [3.63, 3.8) is 0 Å². The van der Waals surface area contributed by atoms with Crippen LogP contribution in [0.2, 0.25) is 5.02 Å². The fourth-order valence-corrected chi connectivity index (χ4v) is 3.94. The maximum absolute atomic E-state index is 12.4. The highest BCUT2D eigenvalue weighted by Crippen LogP contribution is 2.33. The van der Waals surface area contributed by atoms with Gasteiger partial charge >= 0.3 is 0 Å². The van der Waals surface area contributed by atoms with Crippen molar-refractivity contribution in [1.82, 2.24) is 10.2 Å². The minimum absolute atomic E-state index is 0.0825. The SMILES string of the molecule is O=C(/C=C/c1ccc2c(c1)OCO2)NC[C@H](c1ccccc1Cl)N1CCCC1. The van der Waals surface area contributed by atoms with Gasteiger partial charge < -0.3 is 14.8 Å². The summed E-state index contributed by atoms with van der Waals surface area (Å²) >= 11 is 6.42. The van der Waals surface area contributed by atoms with Crippen molar-refractivity contribution in [2.45, 2.75) is 18.9 Å². The summed E-state index contributed by atoms with van der Waals surface area (Å²) in [6.45, 7) is 2.81. The van der Waals surface area contributed by atoms with Crippen LogP contribution in [0.3, 0.4) is 0 Å². The van der Waals surface area contributed by atoms with Crippen molar-refractivity contribution in [2.75, 3.05) is 26.4 Å². The van der Waals surface area contributed by atoms with Gasteiger partial charge in [0.25, 0.3) is 0 Å². The van der Waals surface area contributed by atoms with Crippen molar-refractivity contribution in [3.05, 3.63) is 64.7 Å². The van der Waals surface area contributed by atoms with Gasteiger partial charge in [0.15, 0.2) is 11.5 Å². The first-order chi connectivity index (χ1) is 13.7. The number of ether oxygens (including phenoxy) is 2. The molecule has 28 heavy (non-hydrogen) atoms. The zero-order valence-electron chi connectivity index (χ0n) is 15.6. The predicted molar refractivity (Wildman–Crippen MR) is 110 cm³/mol. The maximum Gasteiger partial charge on any atom is 0.244 e. The minimum atomic E-state index is -0.131. The van der Waals surface area contributed by atoms with E-state index in [2.05, 4.69) is 10.2 Å². The fourth-order valence-electron chi connectivity index (χ4n) is 3.68. The number of nitrogens with one attached hydrogen (secondary N) is 1. The lowest BCUT2D eigenvalue weighted by Gasteiger charge is -2.28. The molecule has 2 aliphatic rings. The summed E-state index contributed by atoms with van der Waals surface area (Å²) in [7, 11) is 0. The molecule has 1 atom stereocenters. The van der Waals surface area contributed by atoms with Gasteiger partial charge in [-0.2, -0.15) is 0 Å². The van der Waals surface area contributed by atoms with E-state index < -0.39 is 0 Å². The third-order valence-electron chi connectivity index (χ3n) is 5.14. The number of nitrogens with zero attached hydrogens (tertiary/aromatic N) is 1. The van der Waals surface area contributed by atoms with E-state index in [1.165, 1.54) is 12.8 Å². The monoisotopic (exact) mass is 398 g/mol. The highest BCUT2D eigenvalue weighted by Gasteiger charge is 2.25. The van der Waals surface area contributed by atoms with Gasteiger partial charge in [-0.25, -0.2) is 0 Å². The van der Waals surface area contributed by atoms with Crippen LogP contribution in [0.25, 0.3) is 6.08 Å². The molecule has 4 rings (SSSR count). The third-order valence-corrected chi connectivity index (χ3v) is 5.48. The van der Waals surface area contributed by atoms with Crippen LogP contribution in [0.1, 0.15) is 30.0 Å². The number of halogens is 1. The van der Waals surface area contributed by atoms with Gasteiger partial charge in [0.1, 0.15) is 0 Å². The Labute approximate surface area is 169 Å². The number of hydrogen-bond acceptors (Lipinski definition) is 4. The zero-order chi connectivity index (χ0) is 19.3. The van der Waals surface area contributed by atoms with Crippen LogP contribution in [0.5, 0.6) is 11.5 Å². The van der Waals surface area contributed by atoms with Crippen molar-refractivity contribution in [2.24, 2.45) is 0 Å². The largest absolute Gasteiger partial charge is 0.454 e. The Morgan fingerprint density at radius 3 is 2.75 bits per heavy atom. The molecule has 0 aliphatic carbocycles. The summed E-state index contributed by atoms with van der Waals surface area (Å²) in [6, 6.07) is 13.6. The number of likely N-dealkylation sites (tertiary alicyclic amines) is 1. The molecule has 2 aromatic carbocycles. The molecule has 0 spiro atoms. The Kier molecular flexibility index (Phi) is 5.84. The van der Waals surface area contributed by atoms with Crippen LogP contribution in [0.15, 0.2) is 48.5 Å². The summed E-state index contributed by atoms with van der Waals surface area (Å²) < 4.78 is 10.7. The normalized spacial score (nSPS) is 17.2. The molecule has 146 valence electrons. The molecule has 0 unspecified atom stereocenters. The number of carbonyl (C=O) groups is 1. The number of benzene rings is 2. The summed E-state index contributed by atoms with van der Waals surface area (Å²) in [5.74, 6) is 1.30. The number of carbonyl (C=O) groups excluding carboxylic acids is 1. The molecule has 0 saturated carbocycles. The van der Waals surface area contributed by atoms with Crippen molar-refractivity contribution < 1.29 is 14.3 Å². The third kappa shape index (κ3) is 4.32. The standard InChI is InChI=1S/C22H23ClN2O3/c23-18-6-2-1-5-17(18)19(25-11-3-4-12-25)14-24-22(26)10-8-16-7-9-20-21(13-16)28-15-27-20/h1-2,5-10,13,19H,3-4,11-12,14-15H2,(H,24,26)/b10-8+/t19-/m1/s1. The van der Waals surface area contributed by atoms with E-state index in [4.69, 9.17) is 21.1 Å². The molecule has 0 aromatic heterocycles. The van der Waals surface area contributed by atoms with Crippen molar-refractivity contribution in [1.29, 1.82) is 0 Å². The highest BCUT2D eigenvalue weighted by molar-refractivity contribution is 6.31. The molecule has 6 heteroatoms. The number of hydrogen-bond donors (Lipinski definition) is 1. The van der Waals surface area contributed by atoms with Crippen molar-refractivity contribution in [3.8, 4) is 11.5 Å². The maximum atomic E-state index is 12.4. The van der Waals surface area contributed by atoms with E-state index in [9.17, 15) is 4.79 Å². The fraction of sp³-hybridized carbons (Fsp3) is 0.318. The number of fused-ring (bicyclic) bond motifs is 1. The molecular formula is C22H23ClN2O3. The lowest BCUT2D eigenvalue weighted by molar-refractivity contribution is -0.116. The Balaban J connectivity index is 1.40. The average molecular weight is 399 g/mol. The molecule has 1 fully saturated rings. The molecule has 5 nitrogen and oxygen atoms in total. The molecule has 1 amide bonds. The second-order valence-electron chi connectivity index (χ2n) is 6.97. The molecule has 2 aromatic rings. The van der Waals surface area contributed by atoms with Crippen LogP contribution >= 0.6 is 11.6 Å². The first kappa shape index (κ1) is 18.8.